The van der Waals surface area contributed by atoms with Gasteiger partial charge >= 0.3 is 0 Å². The second-order valence-corrected chi connectivity index (χ2v) is 10.0. The highest BCUT2D eigenvalue weighted by Crippen LogP contribution is 2.41. The van der Waals surface area contributed by atoms with Gasteiger partial charge in [-0.25, -0.2) is 9.97 Å². The monoisotopic (exact) mass is 501 g/mol. The van der Waals surface area contributed by atoms with Crippen LogP contribution in [0.4, 0.5) is 0 Å². The van der Waals surface area contributed by atoms with E-state index in [9.17, 15) is 0 Å². The Bertz CT molecular complexity index is 2280. The van der Waals surface area contributed by atoms with Crippen LogP contribution in [0.5, 0.6) is 0 Å². The van der Waals surface area contributed by atoms with Gasteiger partial charge in [0.15, 0.2) is 5.58 Å². The van der Waals surface area contributed by atoms with Gasteiger partial charge in [-0.15, -0.1) is 0 Å². The second-order valence-electron chi connectivity index (χ2n) is 10.0. The minimum atomic E-state index is 0.794. The third-order valence-electron chi connectivity index (χ3n) is 7.89. The maximum absolute atomic E-state index is 6.27. The van der Waals surface area contributed by atoms with Crippen molar-refractivity contribution in [3.05, 3.63) is 115 Å². The number of pyridine rings is 1. The van der Waals surface area contributed by atoms with Crippen LogP contribution in [0, 0.1) is 0 Å². The number of furan rings is 2. The van der Waals surface area contributed by atoms with E-state index in [2.05, 4.69) is 59.6 Å². The molecule has 0 aliphatic heterocycles. The van der Waals surface area contributed by atoms with Gasteiger partial charge in [-0.2, -0.15) is 0 Å². The molecule has 0 radical (unpaired) electrons. The molecular weight excluding hydrogens is 482 g/mol. The van der Waals surface area contributed by atoms with E-state index in [0.717, 1.165) is 78.5 Å². The van der Waals surface area contributed by atoms with Gasteiger partial charge in [-0.05, 0) is 54.1 Å². The van der Waals surface area contributed by atoms with Crippen molar-refractivity contribution in [3.8, 4) is 33.8 Å². The Morgan fingerprint density at radius 3 is 2.13 bits per heavy atom. The number of nitrogens with zero attached hydrogens (tertiary/aromatic N) is 3. The zero-order valence-electron chi connectivity index (χ0n) is 20.7. The molecule has 0 atom stereocenters. The molecule has 0 saturated carbocycles. The summed E-state index contributed by atoms with van der Waals surface area (Å²) in [6.45, 7) is 0. The third kappa shape index (κ3) is 2.92. The van der Waals surface area contributed by atoms with Gasteiger partial charge in [-0.1, -0.05) is 42.5 Å². The van der Waals surface area contributed by atoms with Crippen LogP contribution in [0.1, 0.15) is 11.1 Å². The van der Waals surface area contributed by atoms with Gasteiger partial charge in [-0.3, -0.25) is 4.98 Å². The molecule has 8 aromatic rings. The molecule has 9 rings (SSSR count). The maximum Gasteiger partial charge on any atom is 0.161 e. The Balaban J connectivity index is 1.23. The van der Waals surface area contributed by atoms with E-state index < -0.39 is 0 Å². The van der Waals surface area contributed by atoms with Gasteiger partial charge in [0.1, 0.15) is 28.8 Å². The largest absolute Gasteiger partial charge is 0.456 e. The first-order valence-electron chi connectivity index (χ1n) is 13.0. The van der Waals surface area contributed by atoms with Crippen LogP contribution in [-0.4, -0.2) is 15.0 Å². The maximum atomic E-state index is 6.27. The molecule has 0 amide bonds. The minimum absolute atomic E-state index is 0.794. The Hall–Kier alpha value is -5.29. The van der Waals surface area contributed by atoms with Gasteiger partial charge in [0.25, 0.3) is 0 Å². The molecule has 0 bridgehead atoms. The first kappa shape index (κ1) is 20.7. The first-order valence-corrected chi connectivity index (χ1v) is 13.0. The average molecular weight is 502 g/mol. The fourth-order valence-electron chi connectivity index (χ4n) is 6.09. The Kier molecular flexibility index (Phi) is 4.05. The number of fused-ring (bicyclic) bond motifs is 9. The van der Waals surface area contributed by atoms with Crippen LogP contribution in [0.3, 0.4) is 0 Å². The highest BCUT2D eigenvalue weighted by molar-refractivity contribution is 6.11. The van der Waals surface area contributed by atoms with Crippen molar-refractivity contribution in [2.75, 3.05) is 0 Å². The molecule has 0 fully saturated rings. The molecule has 0 spiro atoms. The van der Waals surface area contributed by atoms with Crippen molar-refractivity contribution in [2.24, 2.45) is 0 Å². The van der Waals surface area contributed by atoms with Crippen molar-refractivity contribution in [2.45, 2.75) is 6.42 Å². The molecule has 1 aliphatic carbocycles. The summed E-state index contributed by atoms with van der Waals surface area (Å²) in [4.78, 5) is 14.1. The number of hydrogen-bond donors (Lipinski definition) is 0. The predicted octanol–water partition coefficient (Wildman–Crippen LogP) is 8.58. The molecule has 0 saturated heterocycles. The average Bonchev–Trinajstić information content (AvgIpc) is 3.67. The van der Waals surface area contributed by atoms with Crippen LogP contribution >= 0.6 is 0 Å². The van der Waals surface area contributed by atoms with Gasteiger partial charge < -0.3 is 8.83 Å². The molecule has 0 unspecified atom stereocenters. The van der Waals surface area contributed by atoms with Crippen molar-refractivity contribution >= 4 is 43.9 Å². The number of rotatable bonds is 2. The lowest BCUT2D eigenvalue weighted by Gasteiger charge is -2.07. The zero-order valence-corrected chi connectivity index (χ0v) is 20.7. The SMILES string of the molecule is c1ccc2c(c1)Cc1c(-c3ccc4oc5ccc(-c6nccc7c6oc6ccccc67)cc5c4c3)ncnc1-2. The summed E-state index contributed by atoms with van der Waals surface area (Å²) in [7, 11) is 0. The molecule has 4 aromatic heterocycles. The molecule has 5 heteroatoms. The number of benzene rings is 4. The van der Waals surface area contributed by atoms with Crippen molar-refractivity contribution < 1.29 is 8.83 Å². The molecular formula is C34H19N3O2. The fraction of sp³-hybridized carbons (Fsp3) is 0.0294. The van der Waals surface area contributed by atoms with Gasteiger partial charge in [0, 0.05) is 56.4 Å². The van der Waals surface area contributed by atoms with Crippen LogP contribution in [0.25, 0.3) is 77.6 Å². The lowest BCUT2D eigenvalue weighted by atomic mass is 10.0. The molecule has 1 aliphatic rings. The zero-order chi connectivity index (χ0) is 25.5. The minimum Gasteiger partial charge on any atom is -0.456 e. The van der Waals surface area contributed by atoms with Crippen molar-refractivity contribution in [1.29, 1.82) is 0 Å². The smallest absolute Gasteiger partial charge is 0.161 e. The van der Waals surface area contributed by atoms with Gasteiger partial charge in [0.05, 0.1) is 11.4 Å². The van der Waals surface area contributed by atoms with Crippen LogP contribution in [0.15, 0.2) is 112 Å². The second kappa shape index (κ2) is 7.62. The van der Waals surface area contributed by atoms with E-state index in [0.29, 0.717) is 0 Å². The molecule has 5 nitrogen and oxygen atoms in total. The lowest BCUT2D eigenvalue weighted by Crippen LogP contribution is -1.94. The molecule has 0 N–H and O–H groups in total. The van der Waals surface area contributed by atoms with Crippen LogP contribution in [-0.2, 0) is 6.42 Å². The van der Waals surface area contributed by atoms with E-state index in [4.69, 9.17) is 18.8 Å². The highest BCUT2D eigenvalue weighted by Gasteiger charge is 2.24. The van der Waals surface area contributed by atoms with E-state index in [1.807, 2.05) is 42.6 Å². The topological polar surface area (TPSA) is 65.0 Å². The molecule has 4 heterocycles. The van der Waals surface area contributed by atoms with E-state index in [1.165, 1.54) is 16.7 Å². The Morgan fingerprint density at radius 1 is 0.538 bits per heavy atom. The summed E-state index contributed by atoms with van der Waals surface area (Å²) in [5.41, 5.74) is 11.9. The quantitative estimate of drug-likeness (QED) is 0.237. The normalized spacial score (nSPS) is 12.5. The summed E-state index contributed by atoms with van der Waals surface area (Å²) in [5.74, 6) is 0. The van der Waals surface area contributed by atoms with E-state index in [1.54, 1.807) is 6.33 Å². The third-order valence-corrected chi connectivity index (χ3v) is 7.89. The summed E-state index contributed by atoms with van der Waals surface area (Å²) in [6.07, 6.45) is 4.36. The van der Waals surface area contributed by atoms with E-state index >= 15 is 0 Å². The lowest BCUT2D eigenvalue weighted by molar-refractivity contribution is 0.667. The van der Waals surface area contributed by atoms with E-state index in [-0.39, 0.29) is 0 Å². The summed E-state index contributed by atoms with van der Waals surface area (Å²) in [6, 6.07) is 31.1. The highest BCUT2D eigenvalue weighted by atomic mass is 16.3. The van der Waals surface area contributed by atoms with Crippen LogP contribution < -0.4 is 0 Å². The summed E-state index contributed by atoms with van der Waals surface area (Å²) >= 11 is 0. The standard InChI is InChI=1S/C34H19N3O2/c1-2-6-22-19(5-1)15-27-31(36-18-37-33(22)27)20-9-11-29-25(16-20)26-17-21(10-12-30(26)38-29)32-34-24(13-14-35-32)23-7-3-4-8-28(23)39-34/h1-14,16-18H,15H2. The van der Waals surface area contributed by atoms with Gasteiger partial charge in [0.2, 0.25) is 0 Å². The van der Waals surface area contributed by atoms with Crippen molar-refractivity contribution in [3.63, 3.8) is 0 Å². The summed E-state index contributed by atoms with van der Waals surface area (Å²) < 4.78 is 12.5. The fourth-order valence-corrected chi connectivity index (χ4v) is 6.09. The number of para-hydroxylation sites is 1. The molecule has 182 valence electrons. The Labute approximate surface area is 222 Å². The molecule has 39 heavy (non-hydrogen) atoms. The summed E-state index contributed by atoms with van der Waals surface area (Å²) in [5, 5.41) is 4.24. The van der Waals surface area contributed by atoms with Crippen LogP contribution in [0.2, 0.25) is 0 Å². The van der Waals surface area contributed by atoms with Crippen molar-refractivity contribution in [1.82, 2.24) is 15.0 Å². The predicted molar refractivity (Wildman–Crippen MR) is 153 cm³/mol. The molecule has 4 aromatic carbocycles. The first-order chi connectivity index (χ1) is 19.3. The Morgan fingerprint density at radius 2 is 1.26 bits per heavy atom. The number of hydrogen-bond acceptors (Lipinski definition) is 5. The number of aromatic nitrogens is 3.